The SMILES string of the molecule is C=C[CH2][In-]([CH3])([CH3])[CH2]C=C. The summed E-state index contributed by atoms with van der Waals surface area (Å²) in [6, 6.07) is 0. The first-order valence-electron chi connectivity index (χ1n) is 3.60. The Bertz CT molecular complexity index is 91.1. The first kappa shape index (κ1) is 9.35. The summed E-state index contributed by atoms with van der Waals surface area (Å²) in [6.07, 6.45) is 4.12. The van der Waals surface area contributed by atoms with Crippen LogP contribution in [-0.4, -0.2) is 20.0 Å². The van der Waals surface area contributed by atoms with E-state index >= 15 is 0 Å². The molecule has 0 nitrogen and oxygen atoms in total. The van der Waals surface area contributed by atoms with Crippen molar-refractivity contribution in [1.82, 2.24) is 0 Å². The van der Waals surface area contributed by atoms with Gasteiger partial charge < -0.3 is 0 Å². The van der Waals surface area contributed by atoms with E-state index in [2.05, 4.69) is 34.7 Å². The summed E-state index contributed by atoms with van der Waals surface area (Å²) < 4.78 is 7.45. The molecule has 0 aromatic carbocycles. The first-order valence-corrected chi connectivity index (χ1v) is 14.9. The monoisotopic (exact) mass is 227 g/mol. The van der Waals surface area contributed by atoms with E-state index in [1.165, 1.54) is 8.35 Å². The summed E-state index contributed by atoms with van der Waals surface area (Å²) >= 11 is -1.70. The Balaban J connectivity index is 3.68. The van der Waals surface area contributed by atoms with Gasteiger partial charge in [-0.15, -0.1) is 0 Å². The van der Waals surface area contributed by atoms with Crippen LogP contribution in [0.25, 0.3) is 0 Å². The third-order valence-corrected chi connectivity index (χ3v) is 10.8. The van der Waals surface area contributed by atoms with Gasteiger partial charge in [-0.05, 0) is 0 Å². The topological polar surface area (TPSA) is 0 Å². The Morgan fingerprint density at radius 1 is 1.11 bits per heavy atom. The van der Waals surface area contributed by atoms with Gasteiger partial charge in [-0.1, -0.05) is 0 Å². The zero-order chi connectivity index (χ0) is 7.33. The molecule has 0 aliphatic rings. The van der Waals surface area contributed by atoms with Crippen LogP contribution in [0.4, 0.5) is 0 Å². The van der Waals surface area contributed by atoms with Gasteiger partial charge in [0.15, 0.2) is 0 Å². The van der Waals surface area contributed by atoms with Crippen molar-refractivity contribution >= 4 is 20.0 Å². The Kier molecular flexibility index (Phi) is 4.37. The van der Waals surface area contributed by atoms with Crippen molar-refractivity contribution in [3.8, 4) is 0 Å². The average molecular weight is 227 g/mol. The first-order chi connectivity index (χ1) is 4.12. The molecule has 0 bridgehead atoms. The quantitative estimate of drug-likeness (QED) is 0.647. The second-order valence-corrected chi connectivity index (χ2v) is 20.5. The molecular formula is C8H16In-. The maximum atomic E-state index is 3.75. The van der Waals surface area contributed by atoms with E-state index < -0.39 is 20.0 Å². The van der Waals surface area contributed by atoms with Crippen molar-refractivity contribution in [3.63, 3.8) is 0 Å². The molecule has 0 aromatic rings. The van der Waals surface area contributed by atoms with Crippen LogP contribution in [0.2, 0.25) is 17.7 Å². The van der Waals surface area contributed by atoms with Crippen LogP contribution in [0.5, 0.6) is 0 Å². The van der Waals surface area contributed by atoms with Crippen LogP contribution >= 0.6 is 0 Å². The summed E-state index contributed by atoms with van der Waals surface area (Å²) in [4.78, 5) is 0. The van der Waals surface area contributed by atoms with Gasteiger partial charge >= 0.3 is 63.0 Å². The molecule has 1 heteroatoms. The van der Waals surface area contributed by atoms with E-state index in [4.69, 9.17) is 0 Å². The molecule has 0 radical (unpaired) electrons. The molecule has 52 valence electrons. The van der Waals surface area contributed by atoms with Crippen molar-refractivity contribution in [2.24, 2.45) is 0 Å². The van der Waals surface area contributed by atoms with Gasteiger partial charge in [0.25, 0.3) is 0 Å². The fourth-order valence-electron chi connectivity index (χ4n) is 0.999. The fourth-order valence-corrected chi connectivity index (χ4v) is 6.70. The molecule has 0 aliphatic heterocycles. The van der Waals surface area contributed by atoms with Crippen LogP contribution < -0.4 is 0 Å². The van der Waals surface area contributed by atoms with E-state index in [0.29, 0.717) is 0 Å². The number of rotatable bonds is 4. The predicted molar refractivity (Wildman–Crippen MR) is 47.5 cm³/mol. The average Bonchev–Trinajstić information content (AvgIpc) is 1.64. The maximum absolute atomic E-state index is 3.75. The molecule has 0 atom stereocenters. The molecule has 0 unspecified atom stereocenters. The summed E-state index contributed by atoms with van der Waals surface area (Å²) in [5.41, 5.74) is 0. The molecule has 0 aromatic heterocycles. The Labute approximate surface area is 63.0 Å². The molecule has 0 saturated carbocycles. The van der Waals surface area contributed by atoms with Gasteiger partial charge in [0, 0.05) is 0 Å². The Morgan fingerprint density at radius 3 is 1.67 bits per heavy atom. The minimum absolute atomic E-state index is 1.29. The van der Waals surface area contributed by atoms with Crippen molar-refractivity contribution in [3.05, 3.63) is 25.3 Å². The van der Waals surface area contributed by atoms with Crippen LogP contribution in [-0.2, 0) is 0 Å². The van der Waals surface area contributed by atoms with Gasteiger partial charge in [-0.25, -0.2) is 0 Å². The zero-order valence-electron chi connectivity index (χ0n) is 6.56. The van der Waals surface area contributed by atoms with E-state index in [-0.39, 0.29) is 0 Å². The van der Waals surface area contributed by atoms with Gasteiger partial charge in [-0.3, -0.25) is 0 Å². The van der Waals surface area contributed by atoms with Crippen LogP contribution in [0.1, 0.15) is 0 Å². The third kappa shape index (κ3) is 4.83. The standard InChI is InChI=1S/2C3H5.2CH3.In/c2*1-3-2;;;/h2*3H,1-2H2;2*1H3;/q;;;;-1. The molecule has 0 amide bonds. The summed E-state index contributed by atoms with van der Waals surface area (Å²) in [6.45, 7) is 7.50. The Morgan fingerprint density at radius 2 is 1.44 bits per heavy atom. The predicted octanol–water partition coefficient (Wildman–Crippen LogP) is 3.07. The van der Waals surface area contributed by atoms with Crippen LogP contribution in [0.15, 0.2) is 25.3 Å². The van der Waals surface area contributed by atoms with Gasteiger partial charge in [0.1, 0.15) is 0 Å². The zero-order valence-corrected chi connectivity index (χ0v) is 9.86. The van der Waals surface area contributed by atoms with Crippen molar-refractivity contribution in [1.29, 1.82) is 0 Å². The van der Waals surface area contributed by atoms with E-state index in [1.807, 2.05) is 0 Å². The third-order valence-electron chi connectivity index (χ3n) is 1.61. The van der Waals surface area contributed by atoms with Crippen LogP contribution in [0.3, 0.4) is 0 Å². The van der Waals surface area contributed by atoms with Crippen molar-refractivity contribution in [2.75, 3.05) is 0 Å². The second kappa shape index (κ2) is 4.21. The van der Waals surface area contributed by atoms with E-state index in [0.717, 1.165) is 0 Å². The van der Waals surface area contributed by atoms with E-state index in [1.54, 1.807) is 0 Å². The molecule has 0 spiro atoms. The van der Waals surface area contributed by atoms with Gasteiger partial charge in [0.05, 0.1) is 0 Å². The normalized spacial score (nSPS) is 10.9. The molecule has 0 N–H and O–H groups in total. The number of allylic oxidation sites excluding steroid dienone is 2. The molecular weight excluding hydrogens is 211 g/mol. The summed E-state index contributed by atoms with van der Waals surface area (Å²) in [5.74, 6) is 0. The van der Waals surface area contributed by atoms with Crippen LogP contribution in [0, 0.1) is 0 Å². The van der Waals surface area contributed by atoms with E-state index in [9.17, 15) is 0 Å². The molecule has 9 heavy (non-hydrogen) atoms. The number of hydrogen-bond donors (Lipinski definition) is 0. The fraction of sp³-hybridized carbons (Fsp3) is 0.500. The number of hydrogen-bond acceptors (Lipinski definition) is 0. The van der Waals surface area contributed by atoms with Crippen molar-refractivity contribution < 1.29 is 0 Å². The summed E-state index contributed by atoms with van der Waals surface area (Å²) in [7, 11) is 0. The molecule has 0 fully saturated rings. The molecule has 0 aliphatic carbocycles. The molecule has 0 rings (SSSR count). The minimum atomic E-state index is -1.70. The molecule has 0 saturated heterocycles. The summed E-state index contributed by atoms with van der Waals surface area (Å²) in [5, 5.41) is 0. The van der Waals surface area contributed by atoms with Gasteiger partial charge in [0.2, 0.25) is 0 Å². The van der Waals surface area contributed by atoms with Gasteiger partial charge in [-0.2, -0.15) is 0 Å². The molecule has 0 heterocycles. The second-order valence-electron chi connectivity index (χ2n) is 3.55. The van der Waals surface area contributed by atoms with Crippen molar-refractivity contribution in [2.45, 2.75) is 17.7 Å². The Hall–Kier alpha value is 0.350.